The Balaban J connectivity index is 2.09. The van der Waals surface area contributed by atoms with Crippen LogP contribution in [0, 0.1) is 5.41 Å². The molecule has 0 saturated carbocycles. The van der Waals surface area contributed by atoms with E-state index < -0.39 is 23.7 Å². The van der Waals surface area contributed by atoms with Gasteiger partial charge in [0.1, 0.15) is 11.4 Å². The number of hydrogen-bond acceptors (Lipinski definition) is 5. The fourth-order valence-corrected chi connectivity index (χ4v) is 3.19. The van der Waals surface area contributed by atoms with Crippen LogP contribution < -0.4 is 0 Å². The Morgan fingerprint density at radius 3 is 2.67 bits per heavy atom. The van der Waals surface area contributed by atoms with E-state index >= 15 is 0 Å². The standard InChI is InChI=1S/C18H22N2O4/c1-4-5-10-20-14(11-8-6-7-9-12(11)15(20)19)13-16(21)23-18(2,3)24-17(13)22/h6-9,14,19,21H,4-5,10H2,1-3H3. The van der Waals surface area contributed by atoms with Crippen molar-refractivity contribution in [1.82, 2.24) is 4.90 Å². The van der Waals surface area contributed by atoms with Gasteiger partial charge in [-0.05, 0) is 12.0 Å². The topological polar surface area (TPSA) is 82.9 Å². The fourth-order valence-electron chi connectivity index (χ4n) is 3.19. The molecule has 0 bridgehead atoms. The Labute approximate surface area is 141 Å². The van der Waals surface area contributed by atoms with Crippen molar-refractivity contribution in [3.05, 3.63) is 46.9 Å². The molecule has 1 aromatic carbocycles. The van der Waals surface area contributed by atoms with E-state index in [1.807, 2.05) is 29.2 Å². The first-order chi connectivity index (χ1) is 11.4. The second-order valence-corrected chi connectivity index (χ2v) is 6.50. The van der Waals surface area contributed by atoms with Crippen molar-refractivity contribution in [1.29, 1.82) is 5.41 Å². The van der Waals surface area contributed by atoms with Crippen molar-refractivity contribution in [3.8, 4) is 0 Å². The van der Waals surface area contributed by atoms with E-state index in [9.17, 15) is 9.90 Å². The SMILES string of the molecule is CCCCN1C(=N)c2ccccc2C1C1=C(O)OC(C)(C)OC1=O. The monoisotopic (exact) mass is 330 g/mol. The van der Waals surface area contributed by atoms with Gasteiger partial charge in [-0.3, -0.25) is 5.41 Å². The number of carbonyl (C=O) groups excluding carboxylic acids is 1. The van der Waals surface area contributed by atoms with Crippen molar-refractivity contribution in [3.63, 3.8) is 0 Å². The quantitative estimate of drug-likeness (QED) is 0.828. The van der Waals surface area contributed by atoms with Gasteiger partial charge in [-0.2, -0.15) is 0 Å². The summed E-state index contributed by atoms with van der Waals surface area (Å²) in [4.78, 5) is 14.3. The maximum atomic E-state index is 12.5. The molecule has 1 aromatic rings. The maximum absolute atomic E-state index is 12.5. The number of nitrogens with zero attached hydrogens (tertiary/aromatic N) is 1. The first kappa shape index (κ1) is 16.4. The Morgan fingerprint density at radius 1 is 1.29 bits per heavy atom. The highest BCUT2D eigenvalue weighted by Gasteiger charge is 2.46. The number of aliphatic hydroxyl groups is 1. The third kappa shape index (κ3) is 2.62. The predicted molar refractivity (Wildman–Crippen MR) is 88.5 cm³/mol. The molecule has 0 fully saturated rings. The number of fused-ring (bicyclic) bond motifs is 1. The van der Waals surface area contributed by atoms with Gasteiger partial charge in [0.15, 0.2) is 0 Å². The molecule has 24 heavy (non-hydrogen) atoms. The highest BCUT2D eigenvalue weighted by molar-refractivity contribution is 6.04. The first-order valence-corrected chi connectivity index (χ1v) is 8.15. The zero-order chi connectivity index (χ0) is 17.5. The Morgan fingerprint density at radius 2 is 2.00 bits per heavy atom. The van der Waals surface area contributed by atoms with Gasteiger partial charge in [-0.1, -0.05) is 37.6 Å². The molecule has 2 heterocycles. The number of amidine groups is 1. The minimum Gasteiger partial charge on any atom is -0.480 e. The first-order valence-electron chi connectivity index (χ1n) is 8.15. The Hall–Kier alpha value is -2.50. The molecule has 0 radical (unpaired) electrons. The summed E-state index contributed by atoms with van der Waals surface area (Å²) in [6, 6.07) is 6.88. The molecule has 0 aromatic heterocycles. The van der Waals surface area contributed by atoms with Crippen LogP contribution in [0.4, 0.5) is 0 Å². The number of ether oxygens (including phenoxy) is 2. The molecule has 2 aliphatic heterocycles. The molecule has 2 aliphatic rings. The molecule has 1 atom stereocenters. The minimum absolute atomic E-state index is 0.0557. The smallest absolute Gasteiger partial charge is 0.347 e. The summed E-state index contributed by atoms with van der Waals surface area (Å²) in [6.45, 7) is 5.82. The van der Waals surface area contributed by atoms with E-state index in [1.54, 1.807) is 13.8 Å². The van der Waals surface area contributed by atoms with Crippen molar-refractivity contribution in [2.24, 2.45) is 0 Å². The summed E-state index contributed by atoms with van der Waals surface area (Å²) in [6.07, 6.45) is 1.84. The number of cyclic esters (lactones) is 1. The van der Waals surface area contributed by atoms with Gasteiger partial charge in [0, 0.05) is 26.0 Å². The van der Waals surface area contributed by atoms with Gasteiger partial charge in [-0.15, -0.1) is 0 Å². The molecule has 0 saturated heterocycles. The summed E-state index contributed by atoms with van der Waals surface area (Å²) in [5, 5.41) is 18.8. The van der Waals surface area contributed by atoms with Crippen LogP contribution in [-0.2, 0) is 14.3 Å². The molecular formula is C18H22N2O4. The number of benzene rings is 1. The van der Waals surface area contributed by atoms with Crippen LogP contribution in [-0.4, -0.2) is 34.1 Å². The van der Waals surface area contributed by atoms with Crippen LogP contribution in [0.3, 0.4) is 0 Å². The third-order valence-corrected chi connectivity index (χ3v) is 4.27. The van der Waals surface area contributed by atoms with E-state index in [-0.39, 0.29) is 5.57 Å². The largest absolute Gasteiger partial charge is 0.480 e. The van der Waals surface area contributed by atoms with Crippen molar-refractivity contribution in [2.75, 3.05) is 6.54 Å². The van der Waals surface area contributed by atoms with Gasteiger partial charge < -0.3 is 19.5 Å². The highest BCUT2D eigenvalue weighted by atomic mass is 16.8. The van der Waals surface area contributed by atoms with E-state index in [0.717, 1.165) is 24.0 Å². The van der Waals surface area contributed by atoms with E-state index in [0.29, 0.717) is 12.4 Å². The summed E-state index contributed by atoms with van der Waals surface area (Å²) >= 11 is 0. The lowest BCUT2D eigenvalue weighted by atomic mass is 9.97. The fraction of sp³-hybridized carbons (Fsp3) is 0.444. The average Bonchev–Trinajstić information content (AvgIpc) is 2.77. The number of esters is 1. The van der Waals surface area contributed by atoms with Gasteiger partial charge >= 0.3 is 5.97 Å². The van der Waals surface area contributed by atoms with Gasteiger partial charge in [-0.25, -0.2) is 4.79 Å². The lowest BCUT2D eigenvalue weighted by Crippen LogP contribution is -2.41. The molecular weight excluding hydrogens is 308 g/mol. The molecule has 0 spiro atoms. The predicted octanol–water partition coefficient (Wildman–Crippen LogP) is 3.25. The summed E-state index contributed by atoms with van der Waals surface area (Å²) < 4.78 is 10.7. The summed E-state index contributed by atoms with van der Waals surface area (Å²) in [5.74, 6) is -1.89. The van der Waals surface area contributed by atoms with E-state index in [2.05, 4.69) is 6.92 Å². The third-order valence-electron chi connectivity index (χ3n) is 4.27. The molecule has 2 N–H and O–H groups in total. The second kappa shape index (κ2) is 5.85. The normalized spacial score (nSPS) is 22.3. The Bertz CT molecular complexity index is 723. The molecule has 6 nitrogen and oxygen atoms in total. The number of aliphatic hydroxyl groups excluding tert-OH is 1. The van der Waals surface area contributed by atoms with Gasteiger partial charge in [0.25, 0.3) is 11.7 Å². The van der Waals surface area contributed by atoms with Gasteiger partial charge in [0.2, 0.25) is 0 Å². The number of carbonyl (C=O) groups is 1. The molecule has 6 heteroatoms. The molecule has 3 rings (SSSR count). The Kier molecular flexibility index (Phi) is 3.99. The molecule has 0 aliphatic carbocycles. The highest BCUT2D eigenvalue weighted by Crippen LogP contribution is 2.42. The van der Waals surface area contributed by atoms with Crippen LogP contribution in [0.2, 0.25) is 0 Å². The van der Waals surface area contributed by atoms with Crippen LogP contribution in [0.1, 0.15) is 50.8 Å². The van der Waals surface area contributed by atoms with Crippen molar-refractivity contribution in [2.45, 2.75) is 45.4 Å². The van der Waals surface area contributed by atoms with Gasteiger partial charge in [0.05, 0.1) is 6.04 Å². The number of hydrogen-bond donors (Lipinski definition) is 2. The number of rotatable bonds is 4. The average molecular weight is 330 g/mol. The lowest BCUT2D eigenvalue weighted by molar-refractivity contribution is -0.223. The van der Waals surface area contributed by atoms with Crippen LogP contribution in [0.25, 0.3) is 0 Å². The number of nitrogens with one attached hydrogen (secondary N) is 1. The lowest BCUT2D eigenvalue weighted by Gasteiger charge is -2.35. The van der Waals surface area contributed by atoms with Crippen LogP contribution in [0.5, 0.6) is 0 Å². The summed E-state index contributed by atoms with van der Waals surface area (Å²) in [7, 11) is 0. The zero-order valence-electron chi connectivity index (χ0n) is 14.1. The zero-order valence-corrected chi connectivity index (χ0v) is 14.1. The maximum Gasteiger partial charge on any atom is 0.347 e. The van der Waals surface area contributed by atoms with Crippen molar-refractivity contribution < 1.29 is 19.4 Å². The summed E-state index contributed by atoms with van der Waals surface area (Å²) in [5.41, 5.74) is 1.62. The number of unbranched alkanes of at least 4 members (excludes halogenated alkanes) is 1. The van der Waals surface area contributed by atoms with Crippen LogP contribution in [0.15, 0.2) is 35.8 Å². The molecule has 128 valence electrons. The molecule has 1 unspecified atom stereocenters. The van der Waals surface area contributed by atoms with Crippen LogP contribution >= 0.6 is 0 Å². The van der Waals surface area contributed by atoms with Crippen molar-refractivity contribution >= 4 is 11.8 Å². The second-order valence-electron chi connectivity index (χ2n) is 6.50. The minimum atomic E-state index is -1.20. The molecule has 0 amide bonds. The van der Waals surface area contributed by atoms with E-state index in [1.165, 1.54) is 0 Å². The van der Waals surface area contributed by atoms with E-state index in [4.69, 9.17) is 14.9 Å².